The van der Waals surface area contributed by atoms with Gasteiger partial charge in [0.15, 0.2) is 0 Å². The fourth-order valence-corrected chi connectivity index (χ4v) is 3.35. The number of nitrogens with one attached hydrogen (secondary N) is 1. The molecule has 0 radical (unpaired) electrons. The standard InChI is InChI=1S/C16H21ClN4O/c1-10-4-5-21(12(6-10)8-18)9-15-19-14-3-2-11(17)7-13(14)16(22)20-15/h2-3,7,10,12H,4-6,8-9,18H2,1H3,(H,19,20,22). The Hall–Kier alpha value is -1.43. The van der Waals surface area contributed by atoms with Gasteiger partial charge >= 0.3 is 0 Å². The Labute approximate surface area is 134 Å². The Morgan fingerprint density at radius 3 is 3.09 bits per heavy atom. The van der Waals surface area contributed by atoms with E-state index >= 15 is 0 Å². The normalized spacial score (nSPS) is 23.0. The Bertz CT molecular complexity index is 730. The van der Waals surface area contributed by atoms with Crippen molar-refractivity contribution < 1.29 is 0 Å². The summed E-state index contributed by atoms with van der Waals surface area (Å²) < 4.78 is 0. The molecule has 1 saturated heterocycles. The second kappa shape index (κ2) is 6.36. The maximum absolute atomic E-state index is 12.2. The van der Waals surface area contributed by atoms with Gasteiger partial charge in [-0.1, -0.05) is 18.5 Å². The zero-order chi connectivity index (χ0) is 15.7. The van der Waals surface area contributed by atoms with Crippen LogP contribution in [0, 0.1) is 5.92 Å². The van der Waals surface area contributed by atoms with Gasteiger partial charge in [0.2, 0.25) is 0 Å². The number of likely N-dealkylation sites (tertiary alicyclic amines) is 1. The van der Waals surface area contributed by atoms with Crippen LogP contribution in [0.2, 0.25) is 5.02 Å². The number of aromatic amines is 1. The SMILES string of the molecule is CC1CCN(Cc2nc3ccc(Cl)cc3c(=O)[nH]2)C(CN)C1. The average Bonchev–Trinajstić information content (AvgIpc) is 2.50. The van der Waals surface area contributed by atoms with Crippen molar-refractivity contribution in [1.82, 2.24) is 14.9 Å². The maximum Gasteiger partial charge on any atom is 0.258 e. The zero-order valence-corrected chi connectivity index (χ0v) is 13.4. The molecule has 0 saturated carbocycles. The highest BCUT2D eigenvalue weighted by atomic mass is 35.5. The van der Waals surface area contributed by atoms with Gasteiger partial charge in [-0.2, -0.15) is 0 Å². The first-order valence-corrected chi connectivity index (χ1v) is 8.07. The summed E-state index contributed by atoms with van der Waals surface area (Å²) in [5, 5.41) is 1.07. The van der Waals surface area contributed by atoms with Crippen molar-refractivity contribution in [1.29, 1.82) is 0 Å². The molecule has 22 heavy (non-hydrogen) atoms. The van der Waals surface area contributed by atoms with Crippen molar-refractivity contribution in [3.63, 3.8) is 0 Å². The van der Waals surface area contributed by atoms with Gasteiger partial charge in [-0.25, -0.2) is 4.98 Å². The molecule has 5 nitrogen and oxygen atoms in total. The predicted molar refractivity (Wildman–Crippen MR) is 89.0 cm³/mol. The number of hydrogen-bond donors (Lipinski definition) is 2. The van der Waals surface area contributed by atoms with Gasteiger partial charge in [-0.15, -0.1) is 0 Å². The molecule has 1 fully saturated rings. The number of nitrogens with two attached hydrogens (primary N) is 1. The number of hydrogen-bond acceptors (Lipinski definition) is 4. The summed E-state index contributed by atoms with van der Waals surface area (Å²) in [5.74, 6) is 1.39. The highest BCUT2D eigenvalue weighted by Crippen LogP contribution is 2.23. The molecule has 1 aromatic carbocycles. The van der Waals surface area contributed by atoms with Crippen molar-refractivity contribution in [2.75, 3.05) is 13.1 Å². The molecule has 1 aliphatic rings. The molecular formula is C16H21ClN4O. The molecule has 2 heterocycles. The van der Waals surface area contributed by atoms with Crippen LogP contribution >= 0.6 is 11.6 Å². The molecule has 2 unspecified atom stereocenters. The summed E-state index contributed by atoms with van der Waals surface area (Å²) in [4.78, 5) is 22.0. The number of halogens is 1. The van der Waals surface area contributed by atoms with Crippen LogP contribution in [0.15, 0.2) is 23.0 Å². The van der Waals surface area contributed by atoms with Gasteiger partial charge in [-0.05, 0) is 43.5 Å². The molecule has 3 rings (SSSR count). The summed E-state index contributed by atoms with van der Waals surface area (Å²) in [6.07, 6.45) is 2.26. The number of aromatic nitrogens is 2. The average molecular weight is 321 g/mol. The molecule has 6 heteroatoms. The number of H-pyrrole nitrogens is 1. The molecular weight excluding hydrogens is 300 g/mol. The largest absolute Gasteiger partial charge is 0.329 e. The van der Waals surface area contributed by atoms with Crippen molar-refractivity contribution in [2.24, 2.45) is 11.7 Å². The molecule has 2 aromatic rings. The van der Waals surface area contributed by atoms with E-state index in [0.29, 0.717) is 46.8 Å². The van der Waals surface area contributed by atoms with Gasteiger partial charge in [0.25, 0.3) is 5.56 Å². The zero-order valence-electron chi connectivity index (χ0n) is 12.7. The van der Waals surface area contributed by atoms with Crippen molar-refractivity contribution in [2.45, 2.75) is 32.4 Å². The van der Waals surface area contributed by atoms with E-state index in [1.807, 2.05) is 0 Å². The topological polar surface area (TPSA) is 75.0 Å². The van der Waals surface area contributed by atoms with Crippen LogP contribution in [0.1, 0.15) is 25.6 Å². The van der Waals surface area contributed by atoms with E-state index in [2.05, 4.69) is 21.8 Å². The number of piperidine rings is 1. The Morgan fingerprint density at radius 2 is 2.32 bits per heavy atom. The van der Waals surface area contributed by atoms with E-state index < -0.39 is 0 Å². The van der Waals surface area contributed by atoms with Crippen molar-refractivity contribution in [3.05, 3.63) is 39.4 Å². The first kappa shape index (κ1) is 15.5. The van der Waals surface area contributed by atoms with E-state index in [4.69, 9.17) is 17.3 Å². The van der Waals surface area contributed by atoms with Gasteiger partial charge in [0.05, 0.1) is 17.4 Å². The lowest BCUT2D eigenvalue weighted by Gasteiger charge is -2.37. The Balaban J connectivity index is 1.87. The molecule has 2 atom stereocenters. The summed E-state index contributed by atoms with van der Waals surface area (Å²) in [6.45, 7) is 4.52. The van der Waals surface area contributed by atoms with Gasteiger partial charge in [-0.3, -0.25) is 9.69 Å². The summed E-state index contributed by atoms with van der Waals surface area (Å²) >= 11 is 5.93. The molecule has 0 aliphatic carbocycles. The minimum absolute atomic E-state index is 0.142. The maximum atomic E-state index is 12.2. The minimum Gasteiger partial charge on any atom is -0.329 e. The molecule has 0 bridgehead atoms. The number of fused-ring (bicyclic) bond motifs is 1. The lowest BCUT2D eigenvalue weighted by Crippen LogP contribution is -2.46. The van der Waals surface area contributed by atoms with Gasteiger partial charge in [0.1, 0.15) is 5.82 Å². The third-order valence-corrected chi connectivity index (χ3v) is 4.68. The second-order valence-corrected chi connectivity index (χ2v) is 6.60. The summed E-state index contributed by atoms with van der Waals surface area (Å²) in [6, 6.07) is 5.55. The smallest absolute Gasteiger partial charge is 0.258 e. The number of rotatable bonds is 3. The van der Waals surface area contributed by atoms with Crippen LogP contribution in [0.25, 0.3) is 10.9 Å². The summed E-state index contributed by atoms with van der Waals surface area (Å²) in [7, 11) is 0. The van der Waals surface area contributed by atoms with Crippen LogP contribution in [0.3, 0.4) is 0 Å². The Kier molecular flexibility index (Phi) is 4.47. The quantitative estimate of drug-likeness (QED) is 0.908. The van der Waals surface area contributed by atoms with E-state index in [-0.39, 0.29) is 5.56 Å². The molecule has 1 aromatic heterocycles. The third kappa shape index (κ3) is 3.16. The van der Waals surface area contributed by atoms with E-state index in [9.17, 15) is 4.79 Å². The van der Waals surface area contributed by atoms with Crippen LogP contribution < -0.4 is 11.3 Å². The van der Waals surface area contributed by atoms with E-state index in [1.165, 1.54) is 0 Å². The van der Waals surface area contributed by atoms with Crippen LogP contribution in [-0.2, 0) is 6.54 Å². The molecule has 118 valence electrons. The molecule has 3 N–H and O–H groups in total. The number of benzene rings is 1. The summed E-state index contributed by atoms with van der Waals surface area (Å²) in [5.41, 5.74) is 6.43. The lowest BCUT2D eigenvalue weighted by molar-refractivity contribution is 0.112. The third-order valence-electron chi connectivity index (χ3n) is 4.44. The minimum atomic E-state index is -0.142. The molecule has 0 amide bonds. The van der Waals surface area contributed by atoms with E-state index in [0.717, 1.165) is 19.4 Å². The Morgan fingerprint density at radius 1 is 1.50 bits per heavy atom. The van der Waals surface area contributed by atoms with Crippen LogP contribution in [0.4, 0.5) is 0 Å². The molecule has 0 spiro atoms. The van der Waals surface area contributed by atoms with Crippen LogP contribution in [0.5, 0.6) is 0 Å². The predicted octanol–water partition coefficient (Wildman–Crippen LogP) is 2.14. The fourth-order valence-electron chi connectivity index (χ4n) is 3.18. The molecule has 1 aliphatic heterocycles. The highest BCUT2D eigenvalue weighted by molar-refractivity contribution is 6.31. The first-order valence-electron chi connectivity index (χ1n) is 7.69. The monoisotopic (exact) mass is 320 g/mol. The van der Waals surface area contributed by atoms with Crippen molar-refractivity contribution >= 4 is 22.5 Å². The lowest BCUT2D eigenvalue weighted by atomic mass is 9.92. The van der Waals surface area contributed by atoms with Gasteiger partial charge < -0.3 is 10.7 Å². The van der Waals surface area contributed by atoms with Crippen LogP contribution in [-0.4, -0.2) is 34.0 Å². The van der Waals surface area contributed by atoms with Crippen molar-refractivity contribution in [3.8, 4) is 0 Å². The highest BCUT2D eigenvalue weighted by Gasteiger charge is 2.25. The second-order valence-electron chi connectivity index (χ2n) is 6.16. The number of nitrogens with zero attached hydrogens (tertiary/aromatic N) is 2. The first-order chi connectivity index (χ1) is 10.6. The van der Waals surface area contributed by atoms with Gasteiger partial charge in [0, 0.05) is 17.6 Å². The van der Waals surface area contributed by atoms with E-state index in [1.54, 1.807) is 18.2 Å². The fraction of sp³-hybridized carbons (Fsp3) is 0.500.